The van der Waals surface area contributed by atoms with E-state index in [0.29, 0.717) is 60.9 Å². The quantitative estimate of drug-likeness (QED) is 0.551. The summed E-state index contributed by atoms with van der Waals surface area (Å²) in [5, 5.41) is 11.4. The van der Waals surface area contributed by atoms with E-state index in [1.165, 1.54) is 6.07 Å². The predicted octanol–water partition coefficient (Wildman–Crippen LogP) is 2.15. The van der Waals surface area contributed by atoms with Crippen molar-refractivity contribution in [1.29, 1.82) is 0 Å². The molecule has 3 aromatic heterocycles. The molecule has 7 rings (SSSR count). The maximum atomic E-state index is 12.8. The predicted molar refractivity (Wildman–Crippen MR) is 132 cm³/mol. The molecule has 1 N–H and O–H groups in total. The lowest BCUT2D eigenvalue weighted by atomic mass is 9.68. The molecule has 3 aromatic rings. The van der Waals surface area contributed by atoms with Gasteiger partial charge in [0, 0.05) is 25.2 Å². The van der Waals surface area contributed by atoms with Crippen molar-refractivity contribution in [3.8, 4) is 17.2 Å². The molecule has 3 fully saturated rings. The van der Waals surface area contributed by atoms with Gasteiger partial charge in [0.15, 0.2) is 11.5 Å². The topological polar surface area (TPSA) is 108 Å². The van der Waals surface area contributed by atoms with E-state index in [0.717, 1.165) is 18.7 Å². The Morgan fingerprint density at radius 1 is 1.11 bits per heavy atom. The lowest BCUT2D eigenvalue weighted by Crippen LogP contribution is -2.66. The fourth-order valence-corrected chi connectivity index (χ4v) is 5.72. The average molecular weight is 495 g/mol. The number of pyridine rings is 3. The first kappa shape index (κ1) is 23.1. The molecule has 1 unspecified atom stereocenters. The van der Waals surface area contributed by atoms with Crippen molar-refractivity contribution in [2.75, 3.05) is 38.9 Å². The third kappa shape index (κ3) is 3.67. The second kappa shape index (κ2) is 8.63. The highest BCUT2D eigenvalue weighted by Gasteiger charge is 2.55. The minimum absolute atomic E-state index is 0.123. The minimum atomic E-state index is -0.844. The fourth-order valence-electron chi connectivity index (χ4n) is 5.72. The molecule has 1 saturated carbocycles. The van der Waals surface area contributed by atoms with E-state index < -0.39 is 11.7 Å². The first-order valence-corrected chi connectivity index (χ1v) is 12.3. The van der Waals surface area contributed by atoms with Crippen LogP contribution in [0, 0.1) is 0 Å². The SMILES string of the molecule is COc1cnc2ccc(=O)n(CC(O)C34CCC(N(C)c5cc6c(cn5)OCCO6)(CC3)CO4)c2c1. The van der Waals surface area contributed by atoms with Gasteiger partial charge in [-0.3, -0.25) is 9.78 Å². The number of nitrogens with zero attached hydrogens (tertiary/aromatic N) is 4. The molecule has 0 radical (unpaired) electrons. The van der Waals surface area contributed by atoms with Gasteiger partial charge in [0.1, 0.15) is 30.9 Å². The van der Waals surface area contributed by atoms with Gasteiger partial charge < -0.3 is 33.5 Å². The van der Waals surface area contributed by atoms with Gasteiger partial charge in [0.2, 0.25) is 0 Å². The van der Waals surface area contributed by atoms with Crippen molar-refractivity contribution < 1.29 is 24.1 Å². The number of aliphatic hydroxyl groups excluding tert-OH is 1. The Bertz CT molecular complexity index is 1330. The Morgan fingerprint density at radius 3 is 2.61 bits per heavy atom. The summed E-state index contributed by atoms with van der Waals surface area (Å²) in [6.45, 7) is 1.65. The van der Waals surface area contributed by atoms with Gasteiger partial charge in [-0.1, -0.05) is 0 Å². The molecule has 0 aromatic carbocycles. The molecule has 2 saturated heterocycles. The summed E-state index contributed by atoms with van der Waals surface area (Å²) >= 11 is 0. The van der Waals surface area contributed by atoms with Gasteiger partial charge in [-0.2, -0.15) is 0 Å². The number of fused-ring (bicyclic) bond motifs is 5. The summed E-state index contributed by atoms with van der Waals surface area (Å²) in [4.78, 5) is 23.9. The zero-order valence-corrected chi connectivity index (χ0v) is 20.5. The monoisotopic (exact) mass is 494 g/mol. The number of ether oxygens (including phenoxy) is 4. The number of likely N-dealkylation sites (N-methyl/N-ethyl adjacent to an activating group) is 1. The second-order valence-electron chi connectivity index (χ2n) is 9.90. The van der Waals surface area contributed by atoms with Crippen LogP contribution in [0.5, 0.6) is 17.2 Å². The van der Waals surface area contributed by atoms with E-state index in [1.54, 1.807) is 36.2 Å². The molecular formula is C26H30N4O6. The third-order valence-electron chi connectivity index (χ3n) is 8.14. The van der Waals surface area contributed by atoms with E-state index in [2.05, 4.69) is 14.9 Å². The Labute approximate surface area is 208 Å². The van der Waals surface area contributed by atoms with Crippen LogP contribution in [0.3, 0.4) is 0 Å². The highest BCUT2D eigenvalue weighted by Crippen LogP contribution is 2.49. The van der Waals surface area contributed by atoms with Crippen LogP contribution >= 0.6 is 0 Å². The van der Waals surface area contributed by atoms with Crippen LogP contribution < -0.4 is 24.7 Å². The van der Waals surface area contributed by atoms with Gasteiger partial charge in [-0.15, -0.1) is 0 Å². The maximum absolute atomic E-state index is 12.8. The van der Waals surface area contributed by atoms with Crippen LogP contribution in [-0.4, -0.2) is 70.9 Å². The van der Waals surface area contributed by atoms with E-state index in [9.17, 15) is 9.90 Å². The van der Waals surface area contributed by atoms with Crippen molar-refractivity contribution in [3.05, 3.63) is 47.0 Å². The number of aromatic nitrogens is 3. The fraction of sp³-hybridized carbons (Fsp3) is 0.500. The molecule has 10 nitrogen and oxygen atoms in total. The Hall–Kier alpha value is -3.37. The molecule has 3 aliphatic heterocycles. The largest absolute Gasteiger partial charge is 0.495 e. The van der Waals surface area contributed by atoms with Crippen molar-refractivity contribution in [2.45, 2.75) is 49.5 Å². The lowest BCUT2D eigenvalue weighted by Gasteiger charge is -2.57. The van der Waals surface area contributed by atoms with Gasteiger partial charge >= 0.3 is 0 Å². The van der Waals surface area contributed by atoms with E-state index >= 15 is 0 Å². The molecule has 190 valence electrons. The van der Waals surface area contributed by atoms with Gasteiger partial charge in [-0.25, -0.2) is 4.98 Å². The number of aliphatic hydroxyl groups is 1. The van der Waals surface area contributed by atoms with Crippen LogP contribution in [0.1, 0.15) is 25.7 Å². The first-order chi connectivity index (χ1) is 17.4. The molecule has 0 amide bonds. The molecule has 4 aliphatic rings. The van der Waals surface area contributed by atoms with Gasteiger partial charge in [0.25, 0.3) is 5.56 Å². The highest BCUT2D eigenvalue weighted by molar-refractivity contribution is 5.75. The van der Waals surface area contributed by atoms with Crippen LogP contribution in [0.2, 0.25) is 0 Å². The average Bonchev–Trinajstić information content (AvgIpc) is 2.94. The molecule has 1 aliphatic carbocycles. The second-order valence-corrected chi connectivity index (χ2v) is 9.90. The molecule has 6 heterocycles. The standard InChI is InChI=1S/C26H30N4O6/c1-29(23-12-20-21(14-28-23)35-10-9-34-20)25-5-7-26(8-6-25,36-16-25)22(31)15-30-19-11-17(33-2)13-27-18(19)3-4-24(30)32/h3-4,11-14,22,31H,5-10,15-16H2,1-2H3. The number of hydrogen-bond donors (Lipinski definition) is 1. The van der Waals surface area contributed by atoms with E-state index in [4.69, 9.17) is 18.9 Å². The number of rotatable bonds is 6. The number of methoxy groups -OCH3 is 1. The Balaban J connectivity index is 1.21. The molecule has 36 heavy (non-hydrogen) atoms. The van der Waals surface area contributed by atoms with Crippen LogP contribution in [0.25, 0.3) is 11.0 Å². The summed E-state index contributed by atoms with van der Waals surface area (Å²) in [5.74, 6) is 2.74. The van der Waals surface area contributed by atoms with Crippen LogP contribution in [-0.2, 0) is 11.3 Å². The number of anilines is 1. The summed E-state index contributed by atoms with van der Waals surface area (Å²) in [5.41, 5.74) is 0.185. The van der Waals surface area contributed by atoms with Gasteiger partial charge in [-0.05, 0) is 31.7 Å². The lowest BCUT2D eigenvalue weighted by molar-refractivity contribution is -0.205. The zero-order valence-electron chi connectivity index (χ0n) is 20.5. The summed E-state index contributed by atoms with van der Waals surface area (Å²) < 4.78 is 24.6. The van der Waals surface area contributed by atoms with Crippen LogP contribution in [0.15, 0.2) is 41.5 Å². The zero-order chi connectivity index (χ0) is 24.9. The van der Waals surface area contributed by atoms with Crippen molar-refractivity contribution in [2.24, 2.45) is 0 Å². The number of hydrogen-bond acceptors (Lipinski definition) is 9. The smallest absolute Gasteiger partial charge is 0.251 e. The first-order valence-electron chi connectivity index (χ1n) is 12.3. The highest BCUT2D eigenvalue weighted by atomic mass is 16.6. The minimum Gasteiger partial charge on any atom is -0.495 e. The van der Waals surface area contributed by atoms with Crippen molar-refractivity contribution in [1.82, 2.24) is 14.5 Å². The van der Waals surface area contributed by atoms with Crippen molar-refractivity contribution in [3.63, 3.8) is 0 Å². The maximum Gasteiger partial charge on any atom is 0.251 e. The molecule has 0 spiro atoms. The van der Waals surface area contributed by atoms with Crippen molar-refractivity contribution >= 4 is 16.9 Å². The van der Waals surface area contributed by atoms with Gasteiger partial charge in [0.05, 0.1) is 54.8 Å². The summed E-state index contributed by atoms with van der Waals surface area (Å²) in [6.07, 6.45) is 5.54. The third-order valence-corrected chi connectivity index (χ3v) is 8.14. The Kier molecular flexibility index (Phi) is 5.53. The molecule has 2 bridgehead atoms. The summed E-state index contributed by atoms with van der Waals surface area (Å²) in [6, 6.07) is 6.86. The van der Waals surface area contributed by atoms with Crippen LogP contribution in [0.4, 0.5) is 5.82 Å². The summed E-state index contributed by atoms with van der Waals surface area (Å²) in [7, 11) is 3.59. The Morgan fingerprint density at radius 2 is 1.89 bits per heavy atom. The molecule has 10 heteroatoms. The van der Waals surface area contributed by atoms with E-state index in [-0.39, 0.29) is 17.6 Å². The molecule has 1 atom stereocenters. The normalized spacial score (nSPS) is 25.5. The van der Waals surface area contributed by atoms with E-state index in [1.807, 2.05) is 13.1 Å². The molecular weight excluding hydrogens is 464 g/mol.